The quantitative estimate of drug-likeness (QED) is 0.651. The number of carbonyl (C=O) groups is 1. The molecular formula is C18H22F5N5O. The lowest BCUT2D eigenvalue weighted by atomic mass is 9.95. The Bertz CT molecular complexity index is 754. The van der Waals surface area contributed by atoms with Gasteiger partial charge in [-0.15, -0.1) is 0 Å². The van der Waals surface area contributed by atoms with Crippen molar-refractivity contribution in [2.75, 3.05) is 13.1 Å². The summed E-state index contributed by atoms with van der Waals surface area (Å²) in [5.74, 6) is -1.49. The van der Waals surface area contributed by atoms with Gasteiger partial charge in [0.2, 0.25) is 5.91 Å². The van der Waals surface area contributed by atoms with Gasteiger partial charge >= 0.3 is 6.18 Å². The van der Waals surface area contributed by atoms with Crippen molar-refractivity contribution in [3.05, 3.63) is 35.4 Å². The number of hydrogen-bond donors (Lipinski definition) is 3. The van der Waals surface area contributed by atoms with E-state index in [4.69, 9.17) is 0 Å². The molecule has 3 aliphatic heterocycles. The Kier molecular flexibility index (Phi) is 5.26. The summed E-state index contributed by atoms with van der Waals surface area (Å²) in [7, 11) is 0. The van der Waals surface area contributed by atoms with Crippen molar-refractivity contribution >= 4 is 5.91 Å². The Labute approximate surface area is 164 Å². The zero-order valence-corrected chi connectivity index (χ0v) is 15.6. The predicted molar refractivity (Wildman–Crippen MR) is 93.2 cm³/mol. The number of carbonyl (C=O) groups excluding carboxylic acids is 1. The Morgan fingerprint density at radius 3 is 2.31 bits per heavy atom. The van der Waals surface area contributed by atoms with E-state index >= 15 is 0 Å². The Morgan fingerprint density at radius 2 is 1.79 bits per heavy atom. The van der Waals surface area contributed by atoms with Crippen molar-refractivity contribution in [1.82, 2.24) is 26.0 Å². The number of nitrogens with one attached hydrogen (secondary N) is 3. The van der Waals surface area contributed by atoms with Crippen LogP contribution in [0.25, 0.3) is 0 Å². The minimum atomic E-state index is -4.45. The predicted octanol–water partition coefficient (Wildman–Crippen LogP) is 1.87. The molecule has 11 heteroatoms. The van der Waals surface area contributed by atoms with Gasteiger partial charge in [-0.25, -0.2) is 19.2 Å². The molecular weight excluding hydrogens is 397 g/mol. The summed E-state index contributed by atoms with van der Waals surface area (Å²) in [6.07, 6.45) is -7.41. The van der Waals surface area contributed by atoms with E-state index in [1.54, 1.807) is 6.92 Å². The highest BCUT2D eigenvalue weighted by Gasteiger charge is 2.54. The highest BCUT2D eigenvalue weighted by atomic mass is 19.4. The Morgan fingerprint density at radius 1 is 1.14 bits per heavy atom. The van der Waals surface area contributed by atoms with E-state index < -0.39 is 54.5 Å². The van der Waals surface area contributed by atoms with Crippen molar-refractivity contribution in [2.24, 2.45) is 5.92 Å². The Balaban J connectivity index is 1.58. The fourth-order valence-corrected chi connectivity index (χ4v) is 4.10. The summed E-state index contributed by atoms with van der Waals surface area (Å²) in [5.41, 5.74) is 2.46. The first-order valence-electron chi connectivity index (χ1n) is 9.47. The number of likely N-dealkylation sites (tertiary alicyclic amines) is 1. The minimum Gasteiger partial charge on any atom is -0.327 e. The molecule has 29 heavy (non-hydrogen) atoms. The first-order chi connectivity index (χ1) is 13.7. The summed E-state index contributed by atoms with van der Waals surface area (Å²) >= 11 is 0. The number of fused-ring (bicyclic) bond motifs is 1. The molecule has 3 saturated heterocycles. The fraction of sp³-hybridized carbons (Fsp3) is 0.611. The Hall–Kier alpha value is -1.82. The molecule has 0 radical (unpaired) electrons. The van der Waals surface area contributed by atoms with E-state index in [0.717, 1.165) is 31.6 Å². The lowest BCUT2D eigenvalue weighted by molar-refractivity contribution is -0.138. The minimum absolute atomic E-state index is 0.460. The first kappa shape index (κ1) is 20.5. The third kappa shape index (κ3) is 3.72. The van der Waals surface area contributed by atoms with Crippen LogP contribution in [0, 0.1) is 5.92 Å². The molecule has 5 atom stereocenters. The van der Waals surface area contributed by atoms with Crippen LogP contribution in [-0.4, -0.2) is 53.8 Å². The number of hydrazine groups is 1. The SMILES string of the molecule is C[C@@H](c1ccc(C(F)(F)F)cc1)N1NC(C(F)F)C2C(=O)NC(N3CCC3)NC21. The molecule has 3 N–H and O–H groups in total. The fourth-order valence-electron chi connectivity index (χ4n) is 4.10. The average Bonchev–Trinajstić information content (AvgIpc) is 2.99. The number of benzene rings is 1. The molecule has 0 aliphatic carbocycles. The summed E-state index contributed by atoms with van der Waals surface area (Å²) in [6, 6.07) is 2.67. The molecule has 1 aromatic carbocycles. The zero-order valence-electron chi connectivity index (χ0n) is 15.6. The molecule has 3 fully saturated rings. The second-order valence-electron chi connectivity index (χ2n) is 7.63. The maximum absolute atomic E-state index is 13.6. The van der Waals surface area contributed by atoms with Crippen molar-refractivity contribution in [3.63, 3.8) is 0 Å². The number of amides is 1. The summed E-state index contributed by atoms with van der Waals surface area (Å²) in [6.45, 7) is 3.28. The van der Waals surface area contributed by atoms with Gasteiger partial charge in [0.05, 0.1) is 23.7 Å². The normalized spacial score (nSPS) is 32.0. The van der Waals surface area contributed by atoms with E-state index in [1.165, 1.54) is 17.1 Å². The third-order valence-corrected chi connectivity index (χ3v) is 5.90. The number of nitrogens with zero attached hydrogens (tertiary/aromatic N) is 2. The van der Waals surface area contributed by atoms with Crippen molar-refractivity contribution in [1.29, 1.82) is 0 Å². The van der Waals surface area contributed by atoms with Crippen LogP contribution in [0.2, 0.25) is 0 Å². The largest absolute Gasteiger partial charge is 0.416 e. The molecule has 1 aromatic rings. The summed E-state index contributed by atoms with van der Waals surface area (Å²) < 4.78 is 65.7. The molecule has 4 unspecified atom stereocenters. The molecule has 0 saturated carbocycles. The van der Waals surface area contributed by atoms with Crippen LogP contribution in [0.3, 0.4) is 0 Å². The van der Waals surface area contributed by atoms with E-state index in [0.29, 0.717) is 5.56 Å². The molecule has 4 rings (SSSR count). The van der Waals surface area contributed by atoms with Gasteiger partial charge in [-0.1, -0.05) is 12.1 Å². The van der Waals surface area contributed by atoms with Gasteiger partial charge < -0.3 is 5.32 Å². The molecule has 6 nitrogen and oxygen atoms in total. The first-order valence-corrected chi connectivity index (χ1v) is 9.47. The second kappa shape index (κ2) is 7.46. The topological polar surface area (TPSA) is 59.6 Å². The molecule has 3 heterocycles. The molecule has 0 aromatic heterocycles. The molecule has 0 spiro atoms. The number of alkyl halides is 5. The zero-order chi connectivity index (χ0) is 20.9. The van der Waals surface area contributed by atoms with Gasteiger partial charge in [0.1, 0.15) is 6.29 Å². The van der Waals surface area contributed by atoms with Crippen LogP contribution in [0.5, 0.6) is 0 Å². The van der Waals surface area contributed by atoms with E-state index in [9.17, 15) is 26.7 Å². The van der Waals surface area contributed by atoms with Crippen LogP contribution in [0.15, 0.2) is 24.3 Å². The lowest BCUT2D eigenvalue weighted by Crippen LogP contribution is -2.71. The highest BCUT2D eigenvalue weighted by molar-refractivity contribution is 5.81. The molecule has 3 aliphatic rings. The average molecular weight is 419 g/mol. The van der Waals surface area contributed by atoms with Gasteiger partial charge in [-0.2, -0.15) is 13.2 Å². The third-order valence-electron chi connectivity index (χ3n) is 5.90. The van der Waals surface area contributed by atoms with Crippen molar-refractivity contribution in [3.8, 4) is 0 Å². The number of hydrogen-bond acceptors (Lipinski definition) is 5. The maximum Gasteiger partial charge on any atom is 0.416 e. The van der Waals surface area contributed by atoms with Gasteiger partial charge in [0.25, 0.3) is 6.43 Å². The van der Waals surface area contributed by atoms with Gasteiger partial charge in [0, 0.05) is 19.1 Å². The highest BCUT2D eigenvalue weighted by Crippen LogP contribution is 2.35. The molecule has 1 amide bonds. The molecule has 160 valence electrons. The number of rotatable bonds is 4. The van der Waals surface area contributed by atoms with Gasteiger partial charge in [0.15, 0.2) is 0 Å². The molecule has 0 bridgehead atoms. The van der Waals surface area contributed by atoms with Crippen molar-refractivity contribution < 1.29 is 26.7 Å². The maximum atomic E-state index is 13.6. The smallest absolute Gasteiger partial charge is 0.327 e. The monoisotopic (exact) mass is 419 g/mol. The lowest BCUT2D eigenvalue weighted by Gasteiger charge is -2.46. The van der Waals surface area contributed by atoms with Gasteiger partial charge in [-0.05, 0) is 31.0 Å². The van der Waals surface area contributed by atoms with Crippen molar-refractivity contribution in [2.45, 2.75) is 50.5 Å². The van der Waals surface area contributed by atoms with Crippen LogP contribution < -0.4 is 16.1 Å². The van der Waals surface area contributed by atoms with Crippen LogP contribution in [0.4, 0.5) is 22.0 Å². The second-order valence-corrected chi connectivity index (χ2v) is 7.63. The van der Waals surface area contributed by atoms with E-state index in [-0.39, 0.29) is 0 Å². The van der Waals surface area contributed by atoms with Crippen LogP contribution in [0.1, 0.15) is 30.5 Å². The number of halogens is 5. The van der Waals surface area contributed by atoms with E-state index in [2.05, 4.69) is 16.1 Å². The van der Waals surface area contributed by atoms with Crippen LogP contribution in [-0.2, 0) is 11.0 Å². The van der Waals surface area contributed by atoms with E-state index in [1.807, 2.05) is 4.90 Å². The van der Waals surface area contributed by atoms with Crippen LogP contribution >= 0.6 is 0 Å². The standard InChI is InChI=1S/C18H22F5N5O/c1-9(10-3-5-11(6-4-10)18(21,22)23)28-15-12(13(26-28)14(19)20)16(29)25-17(24-15)27-7-2-8-27/h3-6,9,12-15,17,24,26H,2,7-8H2,1H3,(H,25,29)/t9-,12?,13?,15?,17?/m0/s1. The van der Waals surface area contributed by atoms with Gasteiger partial charge in [-0.3, -0.25) is 15.0 Å². The summed E-state index contributed by atoms with van der Waals surface area (Å²) in [5, 5.41) is 7.49. The summed E-state index contributed by atoms with van der Waals surface area (Å²) in [4.78, 5) is 14.6.